The van der Waals surface area contributed by atoms with Crippen molar-refractivity contribution in [1.82, 2.24) is 0 Å². The molecule has 1 aromatic rings. The third kappa shape index (κ3) is 6.04. The molecule has 0 aliphatic carbocycles. The number of methoxy groups -OCH3 is 1. The van der Waals surface area contributed by atoms with E-state index in [1.165, 1.54) is 0 Å². The molecule has 0 heterocycles. The molecule has 0 amide bonds. The zero-order valence-corrected chi connectivity index (χ0v) is 11.2. The lowest BCUT2D eigenvalue weighted by Gasteiger charge is -2.03. The summed E-state index contributed by atoms with van der Waals surface area (Å²) in [5.41, 5.74) is 0.700. The monoisotopic (exact) mass is 264 g/mol. The molecule has 0 aliphatic heterocycles. The highest BCUT2D eigenvalue weighted by atomic mass is 16.5. The first-order chi connectivity index (χ1) is 9.13. The highest BCUT2D eigenvalue weighted by molar-refractivity contribution is 5.96. The number of carboxylic acids is 1. The third-order valence-corrected chi connectivity index (χ3v) is 2.96. The van der Waals surface area contributed by atoms with Gasteiger partial charge in [0, 0.05) is 18.4 Å². The van der Waals surface area contributed by atoms with Gasteiger partial charge in [0.15, 0.2) is 5.78 Å². The van der Waals surface area contributed by atoms with Crippen LogP contribution in [0.4, 0.5) is 0 Å². The van der Waals surface area contributed by atoms with Crippen LogP contribution in [0.3, 0.4) is 0 Å². The van der Waals surface area contributed by atoms with Gasteiger partial charge in [0.25, 0.3) is 0 Å². The van der Waals surface area contributed by atoms with Gasteiger partial charge < -0.3 is 9.84 Å². The van der Waals surface area contributed by atoms with Gasteiger partial charge in [0.05, 0.1) is 7.11 Å². The first-order valence-electron chi connectivity index (χ1n) is 6.52. The molecule has 104 valence electrons. The van der Waals surface area contributed by atoms with Crippen molar-refractivity contribution in [2.45, 2.75) is 38.5 Å². The zero-order valence-electron chi connectivity index (χ0n) is 11.2. The SMILES string of the molecule is COc1ccc(C(=O)CCCCCCC(=O)O)cc1. The number of hydrogen-bond acceptors (Lipinski definition) is 3. The van der Waals surface area contributed by atoms with Crippen LogP contribution >= 0.6 is 0 Å². The molecule has 0 bridgehead atoms. The molecule has 0 spiro atoms. The lowest BCUT2D eigenvalue weighted by atomic mass is 10.0. The van der Waals surface area contributed by atoms with Gasteiger partial charge in [0.2, 0.25) is 0 Å². The number of ether oxygens (including phenoxy) is 1. The number of carbonyl (C=O) groups excluding carboxylic acids is 1. The fourth-order valence-electron chi connectivity index (χ4n) is 1.84. The summed E-state index contributed by atoms with van der Waals surface area (Å²) < 4.78 is 5.03. The molecule has 4 heteroatoms. The van der Waals surface area contributed by atoms with E-state index in [9.17, 15) is 9.59 Å². The molecule has 0 atom stereocenters. The Kier molecular flexibility index (Phi) is 6.64. The minimum atomic E-state index is -0.755. The van der Waals surface area contributed by atoms with Gasteiger partial charge >= 0.3 is 5.97 Å². The Morgan fingerprint density at radius 3 is 2.11 bits per heavy atom. The summed E-state index contributed by atoms with van der Waals surface area (Å²) in [5.74, 6) is 0.111. The van der Waals surface area contributed by atoms with E-state index in [-0.39, 0.29) is 12.2 Å². The van der Waals surface area contributed by atoms with E-state index < -0.39 is 5.97 Å². The summed E-state index contributed by atoms with van der Waals surface area (Å²) in [7, 11) is 1.59. The van der Waals surface area contributed by atoms with E-state index in [4.69, 9.17) is 9.84 Å². The zero-order chi connectivity index (χ0) is 14.1. The minimum absolute atomic E-state index is 0.126. The smallest absolute Gasteiger partial charge is 0.303 e. The molecule has 19 heavy (non-hydrogen) atoms. The van der Waals surface area contributed by atoms with Crippen molar-refractivity contribution in [3.05, 3.63) is 29.8 Å². The van der Waals surface area contributed by atoms with Gasteiger partial charge in [-0.05, 0) is 37.1 Å². The van der Waals surface area contributed by atoms with E-state index >= 15 is 0 Å². The maximum absolute atomic E-state index is 11.9. The Morgan fingerprint density at radius 2 is 1.58 bits per heavy atom. The van der Waals surface area contributed by atoms with Crippen molar-refractivity contribution in [3.8, 4) is 5.75 Å². The van der Waals surface area contributed by atoms with Crippen LogP contribution in [0.15, 0.2) is 24.3 Å². The average molecular weight is 264 g/mol. The Bertz CT molecular complexity index is 409. The van der Waals surface area contributed by atoms with Gasteiger partial charge in [-0.25, -0.2) is 0 Å². The molecule has 0 aromatic heterocycles. The molecule has 0 saturated heterocycles. The van der Waals surface area contributed by atoms with Gasteiger partial charge in [-0.2, -0.15) is 0 Å². The summed E-state index contributed by atoms with van der Waals surface area (Å²) >= 11 is 0. The second-order valence-corrected chi connectivity index (χ2v) is 4.46. The average Bonchev–Trinajstić information content (AvgIpc) is 2.42. The highest BCUT2D eigenvalue weighted by Crippen LogP contribution is 2.14. The predicted octanol–water partition coefficient (Wildman–Crippen LogP) is 3.30. The first-order valence-corrected chi connectivity index (χ1v) is 6.52. The fraction of sp³-hybridized carbons (Fsp3) is 0.467. The lowest BCUT2D eigenvalue weighted by molar-refractivity contribution is -0.137. The number of ketones is 1. The summed E-state index contributed by atoms with van der Waals surface area (Å²) in [6.45, 7) is 0. The maximum atomic E-state index is 11.9. The molecule has 0 unspecified atom stereocenters. The predicted molar refractivity (Wildman–Crippen MR) is 72.7 cm³/mol. The molecule has 0 aliphatic rings. The third-order valence-electron chi connectivity index (χ3n) is 2.96. The Hall–Kier alpha value is -1.84. The number of hydrogen-bond donors (Lipinski definition) is 1. The van der Waals surface area contributed by atoms with E-state index in [1.807, 2.05) is 0 Å². The molecular weight excluding hydrogens is 244 g/mol. The molecule has 1 aromatic carbocycles. The molecule has 1 rings (SSSR count). The normalized spacial score (nSPS) is 10.2. The van der Waals surface area contributed by atoms with Crippen molar-refractivity contribution in [1.29, 1.82) is 0 Å². The number of aliphatic carboxylic acids is 1. The molecule has 0 saturated carbocycles. The van der Waals surface area contributed by atoms with E-state index in [2.05, 4.69) is 0 Å². The van der Waals surface area contributed by atoms with Gasteiger partial charge in [0.1, 0.15) is 5.75 Å². The summed E-state index contributed by atoms with van der Waals surface area (Å²) in [4.78, 5) is 22.2. The minimum Gasteiger partial charge on any atom is -0.497 e. The van der Waals surface area contributed by atoms with Crippen LogP contribution in [0.1, 0.15) is 48.9 Å². The van der Waals surface area contributed by atoms with Gasteiger partial charge in [-0.3, -0.25) is 9.59 Å². The summed E-state index contributed by atoms with van der Waals surface area (Å²) in [6, 6.07) is 7.09. The first kappa shape index (κ1) is 15.2. The Labute approximate surface area is 113 Å². The largest absolute Gasteiger partial charge is 0.497 e. The highest BCUT2D eigenvalue weighted by Gasteiger charge is 2.05. The van der Waals surface area contributed by atoms with Crippen LogP contribution in [-0.2, 0) is 4.79 Å². The van der Waals surface area contributed by atoms with Crippen molar-refractivity contribution in [2.24, 2.45) is 0 Å². The number of benzene rings is 1. The number of Topliss-reactive ketones (excluding diaryl/α,β-unsaturated/α-hetero) is 1. The molecule has 4 nitrogen and oxygen atoms in total. The van der Waals surface area contributed by atoms with Crippen molar-refractivity contribution >= 4 is 11.8 Å². The molecule has 0 radical (unpaired) electrons. The number of carboxylic acid groups (broad SMARTS) is 1. The lowest BCUT2D eigenvalue weighted by Crippen LogP contribution is -1.99. The van der Waals surface area contributed by atoms with Gasteiger partial charge in [-0.1, -0.05) is 12.8 Å². The van der Waals surface area contributed by atoms with Crippen LogP contribution < -0.4 is 4.74 Å². The van der Waals surface area contributed by atoms with E-state index in [0.29, 0.717) is 18.4 Å². The maximum Gasteiger partial charge on any atom is 0.303 e. The van der Waals surface area contributed by atoms with Crippen molar-refractivity contribution in [3.63, 3.8) is 0 Å². The molecular formula is C15H20O4. The Morgan fingerprint density at radius 1 is 1.00 bits per heavy atom. The Balaban J connectivity index is 2.21. The number of rotatable bonds is 9. The molecule has 0 fully saturated rings. The van der Waals surface area contributed by atoms with Crippen molar-refractivity contribution in [2.75, 3.05) is 7.11 Å². The van der Waals surface area contributed by atoms with E-state index in [0.717, 1.165) is 25.0 Å². The second-order valence-electron chi connectivity index (χ2n) is 4.46. The summed E-state index contributed by atoms with van der Waals surface area (Å²) in [6.07, 6.45) is 3.99. The van der Waals surface area contributed by atoms with Crippen LogP contribution in [0.5, 0.6) is 5.75 Å². The van der Waals surface area contributed by atoms with Crippen molar-refractivity contribution < 1.29 is 19.4 Å². The topological polar surface area (TPSA) is 63.6 Å². The van der Waals surface area contributed by atoms with E-state index in [1.54, 1.807) is 31.4 Å². The number of carbonyl (C=O) groups is 2. The van der Waals surface area contributed by atoms with Crippen LogP contribution in [0.2, 0.25) is 0 Å². The van der Waals surface area contributed by atoms with Crippen LogP contribution in [-0.4, -0.2) is 24.0 Å². The number of unbranched alkanes of at least 4 members (excludes halogenated alkanes) is 3. The standard InChI is InChI=1S/C15H20O4/c1-19-13-10-8-12(9-11-13)14(16)6-4-2-3-5-7-15(17)18/h8-11H,2-7H2,1H3,(H,17,18). The van der Waals surface area contributed by atoms with Crippen LogP contribution in [0.25, 0.3) is 0 Å². The molecule has 1 N–H and O–H groups in total. The van der Waals surface area contributed by atoms with Crippen LogP contribution in [0, 0.1) is 0 Å². The quantitative estimate of drug-likeness (QED) is 0.549. The van der Waals surface area contributed by atoms with Gasteiger partial charge in [-0.15, -0.1) is 0 Å². The fourth-order valence-corrected chi connectivity index (χ4v) is 1.84. The summed E-state index contributed by atoms with van der Waals surface area (Å²) in [5, 5.41) is 8.49. The second kappa shape index (κ2) is 8.29.